The molecule has 2 amide bonds. The molecule has 8 heteroatoms. The number of anilines is 1. The van der Waals surface area contributed by atoms with Crippen molar-refractivity contribution in [1.82, 2.24) is 4.90 Å². The normalized spacial score (nSPS) is 17.5. The molecule has 36 heavy (non-hydrogen) atoms. The maximum absolute atomic E-state index is 13.2. The second-order valence-electron chi connectivity index (χ2n) is 8.43. The van der Waals surface area contributed by atoms with E-state index in [-0.39, 0.29) is 22.6 Å². The fourth-order valence-corrected chi connectivity index (χ4v) is 3.99. The van der Waals surface area contributed by atoms with Gasteiger partial charge in [0.1, 0.15) is 18.1 Å². The van der Waals surface area contributed by atoms with E-state index in [1.165, 1.54) is 6.92 Å². The van der Waals surface area contributed by atoms with Crippen LogP contribution in [0.15, 0.2) is 83.3 Å². The van der Waals surface area contributed by atoms with Crippen LogP contribution in [0.2, 0.25) is 0 Å². The summed E-state index contributed by atoms with van der Waals surface area (Å²) in [6.07, 6.45) is 5.50. The summed E-state index contributed by atoms with van der Waals surface area (Å²) in [4.78, 5) is 43.0. The Morgan fingerprint density at radius 3 is 2.42 bits per heavy atom. The summed E-state index contributed by atoms with van der Waals surface area (Å²) >= 11 is 0. The molecule has 0 unspecified atom stereocenters. The van der Waals surface area contributed by atoms with Gasteiger partial charge in [-0.25, -0.2) is 4.85 Å². The molecular formula is C28H23N3O5. The van der Waals surface area contributed by atoms with Crippen molar-refractivity contribution in [1.29, 1.82) is 0 Å². The van der Waals surface area contributed by atoms with Crippen LogP contribution < -0.4 is 9.64 Å². The summed E-state index contributed by atoms with van der Waals surface area (Å²) in [7, 11) is 3.94. The largest absolute Gasteiger partial charge is 0.480 e. The van der Waals surface area contributed by atoms with Crippen LogP contribution >= 0.6 is 0 Å². The predicted octanol–water partition coefficient (Wildman–Crippen LogP) is 4.14. The van der Waals surface area contributed by atoms with Gasteiger partial charge in [0.2, 0.25) is 0 Å². The molecule has 4 rings (SSSR count). The average molecular weight is 482 g/mol. The van der Waals surface area contributed by atoms with Gasteiger partial charge in [-0.15, -0.1) is 0 Å². The van der Waals surface area contributed by atoms with Crippen molar-refractivity contribution in [3.8, 4) is 5.75 Å². The van der Waals surface area contributed by atoms with Gasteiger partial charge in [-0.2, -0.15) is 0 Å². The SMILES string of the molecule is [C-]#[N+]C1=C(C)/C(=C2C=C(/C=C/c3ccc(N(C)C)cc3)c3ccccc3O/2)C(=O)N(CC(=O)O)C1=O. The number of ether oxygens (including phenoxy) is 1. The Balaban J connectivity index is 1.84. The number of aliphatic carboxylic acids is 1. The first-order valence-electron chi connectivity index (χ1n) is 11.1. The van der Waals surface area contributed by atoms with Crippen molar-refractivity contribution in [2.45, 2.75) is 6.92 Å². The number of para-hydroxylation sites is 1. The number of allylic oxidation sites excluding steroid dienone is 3. The minimum atomic E-state index is -1.36. The predicted molar refractivity (Wildman–Crippen MR) is 136 cm³/mol. The summed E-state index contributed by atoms with van der Waals surface area (Å²) in [5, 5.41) is 9.21. The van der Waals surface area contributed by atoms with Gasteiger partial charge in [-0.05, 0) is 47.9 Å². The molecule has 0 aromatic heterocycles. The average Bonchev–Trinajstić information content (AvgIpc) is 2.85. The topological polar surface area (TPSA) is 91.5 Å². The van der Waals surface area contributed by atoms with Gasteiger partial charge in [0.25, 0.3) is 17.5 Å². The Kier molecular flexibility index (Phi) is 6.57. The molecule has 0 atom stereocenters. The lowest BCUT2D eigenvalue weighted by atomic mass is 9.94. The fraction of sp³-hybridized carbons (Fsp3) is 0.143. The fourth-order valence-electron chi connectivity index (χ4n) is 3.99. The quantitative estimate of drug-likeness (QED) is 0.392. The highest BCUT2D eigenvalue weighted by Gasteiger charge is 2.39. The molecule has 8 nitrogen and oxygen atoms in total. The summed E-state index contributed by atoms with van der Waals surface area (Å²) < 4.78 is 6.04. The first-order valence-corrected chi connectivity index (χ1v) is 11.1. The van der Waals surface area contributed by atoms with Gasteiger partial charge in [-0.3, -0.25) is 19.3 Å². The number of amides is 2. The number of rotatable bonds is 5. The van der Waals surface area contributed by atoms with Crippen molar-refractivity contribution < 1.29 is 24.2 Å². The van der Waals surface area contributed by atoms with Gasteiger partial charge < -0.3 is 14.7 Å². The Bertz CT molecular complexity index is 1440. The molecule has 2 aromatic rings. The molecule has 0 saturated carbocycles. The number of hydrogen-bond donors (Lipinski definition) is 1. The molecule has 0 aliphatic carbocycles. The van der Waals surface area contributed by atoms with E-state index in [4.69, 9.17) is 11.3 Å². The highest BCUT2D eigenvalue weighted by Crippen LogP contribution is 2.38. The zero-order valence-electron chi connectivity index (χ0n) is 20.0. The number of carboxylic acids is 1. The maximum atomic E-state index is 13.2. The first-order chi connectivity index (χ1) is 17.2. The van der Waals surface area contributed by atoms with Crippen molar-refractivity contribution in [3.63, 3.8) is 0 Å². The molecular weight excluding hydrogens is 458 g/mol. The van der Waals surface area contributed by atoms with Crippen LogP contribution in [0.4, 0.5) is 5.69 Å². The van der Waals surface area contributed by atoms with Gasteiger partial charge in [0.05, 0.1) is 12.1 Å². The molecule has 0 radical (unpaired) electrons. The number of carbonyl (C=O) groups excluding carboxylic acids is 2. The third-order valence-electron chi connectivity index (χ3n) is 5.86. The summed E-state index contributed by atoms with van der Waals surface area (Å²) in [5.41, 5.74) is 3.42. The zero-order chi connectivity index (χ0) is 26.0. The Labute approximate surface area is 208 Å². The lowest BCUT2D eigenvalue weighted by molar-refractivity contribution is -0.149. The number of nitrogens with zero attached hydrogens (tertiary/aromatic N) is 3. The van der Waals surface area contributed by atoms with Crippen LogP contribution in [0.5, 0.6) is 5.75 Å². The number of hydrogen-bond acceptors (Lipinski definition) is 5. The summed E-state index contributed by atoms with van der Waals surface area (Å²) in [6.45, 7) is 8.07. The van der Waals surface area contributed by atoms with Gasteiger partial charge in [0.15, 0.2) is 0 Å². The number of carbonyl (C=O) groups is 3. The second-order valence-corrected chi connectivity index (χ2v) is 8.43. The number of fused-ring (bicyclic) bond motifs is 1. The van der Waals surface area contributed by atoms with Crippen molar-refractivity contribution in [2.75, 3.05) is 25.5 Å². The number of benzene rings is 2. The molecule has 2 aliphatic heterocycles. The molecule has 180 valence electrons. The molecule has 2 aliphatic rings. The van der Waals surface area contributed by atoms with E-state index in [1.807, 2.05) is 67.5 Å². The van der Waals surface area contributed by atoms with Gasteiger partial charge in [-0.1, -0.05) is 42.5 Å². The van der Waals surface area contributed by atoms with Crippen LogP contribution in [0.3, 0.4) is 0 Å². The van der Waals surface area contributed by atoms with Crippen molar-refractivity contribution in [3.05, 3.63) is 106 Å². The molecule has 2 aromatic carbocycles. The molecule has 0 spiro atoms. The first kappa shape index (κ1) is 24.2. The molecule has 2 heterocycles. The third kappa shape index (κ3) is 4.55. The molecule has 1 N–H and O–H groups in total. The standard InChI is InChI=1S/C28H23N3O5/c1-17-25(27(34)31(16-24(32)33)28(35)26(17)29-2)23-15-19(21-7-5-6-8-22(21)36-23)12-9-18-10-13-20(14-11-18)30(3)4/h5-15H,16H2,1,3-4H3,(H,32,33)/b12-9+,25-23+. The van der Waals surface area contributed by atoms with E-state index in [1.54, 1.807) is 18.2 Å². The summed E-state index contributed by atoms with van der Waals surface area (Å²) in [5.74, 6) is -2.47. The highest BCUT2D eigenvalue weighted by atomic mass is 16.5. The van der Waals surface area contributed by atoms with E-state index in [2.05, 4.69) is 4.85 Å². The Morgan fingerprint density at radius 2 is 1.78 bits per heavy atom. The van der Waals surface area contributed by atoms with Crippen LogP contribution in [0.25, 0.3) is 16.5 Å². The van der Waals surface area contributed by atoms with E-state index in [9.17, 15) is 19.5 Å². The van der Waals surface area contributed by atoms with Crippen LogP contribution in [0, 0.1) is 6.57 Å². The van der Waals surface area contributed by atoms with E-state index < -0.39 is 24.3 Å². The van der Waals surface area contributed by atoms with Gasteiger partial charge >= 0.3 is 5.97 Å². The lowest BCUT2D eigenvalue weighted by Gasteiger charge is -2.28. The number of carboxylic acid groups (broad SMARTS) is 1. The molecule has 0 saturated heterocycles. The smallest absolute Gasteiger partial charge is 0.323 e. The van der Waals surface area contributed by atoms with Gasteiger partial charge in [0, 0.05) is 25.3 Å². The minimum absolute atomic E-state index is 0.0161. The van der Waals surface area contributed by atoms with Crippen LogP contribution in [0.1, 0.15) is 18.1 Å². The van der Waals surface area contributed by atoms with Crippen LogP contribution in [-0.4, -0.2) is 48.4 Å². The number of imide groups is 1. The summed E-state index contributed by atoms with van der Waals surface area (Å²) in [6, 6.07) is 15.3. The van der Waals surface area contributed by atoms with E-state index >= 15 is 0 Å². The maximum Gasteiger partial charge on any atom is 0.323 e. The minimum Gasteiger partial charge on any atom is -0.480 e. The second kappa shape index (κ2) is 9.76. The van der Waals surface area contributed by atoms with Crippen LogP contribution in [-0.2, 0) is 14.4 Å². The Hall–Kier alpha value is -4.90. The lowest BCUT2D eigenvalue weighted by Crippen LogP contribution is -2.45. The third-order valence-corrected chi connectivity index (χ3v) is 5.86. The van der Waals surface area contributed by atoms with Crippen molar-refractivity contribution >= 4 is 35.1 Å². The monoisotopic (exact) mass is 481 g/mol. The zero-order valence-corrected chi connectivity index (χ0v) is 20.0. The van der Waals surface area contributed by atoms with E-state index in [0.717, 1.165) is 22.4 Å². The van der Waals surface area contributed by atoms with Crippen molar-refractivity contribution in [2.24, 2.45) is 0 Å². The molecule has 0 fully saturated rings. The van der Waals surface area contributed by atoms with E-state index in [0.29, 0.717) is 10.6 Å². The molecule has 0 bridgehead atoms. The Morgan fingerprint density at radius 1 is 1.08 bits per heavy atom. The highest BCUT2D eigenvalue weighted by molar-refractivity contribution is 6.18.